The van der Waals surface area contributed by atoms with Crippen LogP contribution in [0.25, 0.3) is 0 Å². The summed E-state index contributed by atoms with van der Waals surface area (Å²) in [7, 11) is 0. The molecule has 1 N–H and O–H groups in total. The van der Waals surface area contributed by atoms with E-state index in [9.17, 15) is 9.18 Å². The summed E-state index contributed by atoms with van der Waals surface area (Å²) in [6.45, 7) is 12.5. The largest absolute Gasteiger partial charge is 0.444 e. The van der Waals surface area contributed by atoms with Crippen molar-refractivity contribution in [3.63, 3.8) is 0 Å². The molecule has 130 valence electrons. The molecule has 1 aromatic rings. The van der Waals surface area contributed by atoms with Gasteiger partial charge in [-0.15, -0.1) is 0 Å². The van der Waals surface area contributed by atoms with Crippen molar-refractivity contribution in [2.45, 2.75) is 59.2 Å². The molecule has 6 heteroatoms. The number of rotatable bonds is 6. The Kier molecular flexibility index (Phi) is 6.94. The van der Waals surface area contributed by atoms with Crippen molar-refractivity contribution in [3.8, 4) is 0 Å². The van der Waals surface area contributed by atoms with Crippen LogP contribution in [0.4, 0.5) is 9.18 Å². The van der Waals surface area contributed by atoms with Gasteiger partial charge in [0.25, 0.3) is 0 Å². The Bertz CT molecular complexity index is 515. The van der Waals surface area contributed by atoms with Gasteiger partial charge in [0.15, 0.2) is 0 Å². The molecule has 0 bridgehead atoms. The Morgan fingerprint density at radius 1 is 1.35 bits per heavy atom. The minimum atomic E-state index is -0.516. The summed E-state index contributed by atoms with van der Waals surface area (Å²) in [4.78, 5) is 17.7. The number of aromatic nitrogens is 1. The molecular formula is C17H28FN3O2. The van der Waals surface area contributed by atoms with Crippen LogP contribution in [0, 0.1) is 5.82 Å². The number of carbonyl (C=O) groups is 1. The lowest BCUT2D eigenvalue weighted by Gasteiger charge is -2.30. The Labute approximate surface area is 138 Å². The van der Waals surface area contributed by atoms with E-state index < -0.39 is 5.60 Å². The highest BCUT2D eigenvalue weighted by Gasteiger charge is 2.23. The molecule has 0 aliphatic heterocycles. The highest BCUT2D eigenvalue weighted by atomic mass is 19.1. The van der Waals surface area contributed by atoms with Gasteiger partial charge in [-0.25, -0.2) is 9.18 Å². The van der Waals surface area contributed by atoms with Crippen LogP contribution in [0.2, 0.25) is 0 Å². The molecule has 0 spiro atoms. The fourth-order valence-corrected chi connectivity index (χ4v) is 2.07. The maximum absolute atomic E-state index is 13.2. The molecular weight excluding hydrogens is 297 g/mol. The maximum atomic E-state index is 13.2. The molecule has 1 amide bonds. The summed E-state index contributed by atoms with van der Waals surface area (Å²) in [6, 6.07) is 1.45. The number of halogens is 1. The van der Waals surface area contributed by atoms with Crippen molar-refractivity contribution in [3.05, 3.63) is 29.8 Å². The molecule has 1 rings (SSSR count). The highest BCUT2D eigenvalue weighted by Crippen LogP contribution is 2.13. The minimum Gasteiger partial charge on any atom is -0.444 e. The van der Waals surface area contributed by atoms with Gasteiger partial charge in [-0.2, -0.15) is 0 Å². The van der Waals surface area contributed by atoms with E-state index in [0.717, 1.165) is 5.56 Å². The van der Waals surface area contributed by atoms with Gasteiger partial charge in [0.05, 0.1) is 6.20 Å². The first-order chi connectivity index (χ1) is 10.6. The Morgan fingerprint density at radius 3 is 2.52 bits per heavy atom. The zero-order chi connectivity index (χ0) is 17.6. The van der Waals surface area contributed by atoms with Gasteiger partial charge >= 0.3 is 6.09 Å². The van der Waals surface area contributed by atoms with Gasteiger partial charge in [0, 0.05) is 31.4 Å². The van der Waals surface area contributed by atoms with E-state index in [1.165, 1.54) is 12.3 Å². The molecule has 0 aromatic carbocycles. The van der Waals surface area contributed by atoms with Crippen LogP contribution in [0.1, 0.15) is 53.1 Å². The van der Waals surface area contributed by atoms with Crippen LogP contribution in [-0.2, 0) is 4.74 Å². The predicted octanol–water partition coefficient (Wildman–Crippen LogP) is 3.52. The maximum Gasteiger partial charge on any atom is 0.410 e. The standard InChI is InChI=1S/C17H28FN3O2/c1-12(2)21(16(22)23-17(4,5)6)8-7-20-13(3)14-9-15(18)11-19-10-14/h9-13,20H,7-8H2,1-6H3. The van der Waals surface area contributed by atoms with Crippen molar-refractivity contribution in [1.29, 1.82) is 0 Å². The van der Waals surface area contributed by atoms with E-state index in [-0.39, 0.29) is 24.0 Å². The van der Waals surface area contributed by atoms with Gasteiger partial charge < -0.3 is 15.0 Å². The summed E-state index contributed by atoms with van der Waals surface area (Å²) < 4.78 is 18.6. The van der Waals surface area contributed by atoms with E-state index in [1.54, 1.807) is 11.1 Å². The zero-order valence-electron chi connectivity index (χ0n) is 14.9. The van der Waals surface area contributed by atoms with Crippen LogP contribution in [0.3, 0.4) is 0 Å². The molecule has 23 heavy (non-hydrogen) atoms. The van der Waals surface area contributed by atoms with Crippen LogP contribution < -0.4 is 5.32 Å². The number of pyridine rings is 1. The van der Waals surface area contributed by atoms with Gasteiger partial charge in [-0.3, -0.25) is 4.98 Å². The summed E-state index contributed by atoms with van der Waals surface area (Å²) in [5.74, 6) is -0.353. The molecule has 1 heterocycles. The van der Waals surface area contributed by atoms with Crippen molar-refractivity contribution in [2.24, 2.45) is 0 Å². The van der Waals surface area contributed by atoms with Crippen molar-refractivity contribution in [2.75, 3.05) is 13.1 Å². The van der Waals surface area contributed by atoms with Crippen LogP contribution in [0.5, 0.6) is 0 Å². The first kappa shape index (κ1) is 19.4. The summed E-state index contributed by atoms with van der Waals surface area (Å²) in [5.41, 5.74) is 0.261. The average molecular weight is 325 g/mol. The molecule has 1 unspecified atom stereocenters. The third-order valence-electron chi connectivity index (χ3n) is 3.28. The quantitative estimate of drug-likeness (QED) is 0.869. The van der Waals surface area contributed by atoms with Gasteiger partial charge in [-0.05, 0) is 53.2 Å². The number of nitrogens with one attached hydrogen (secondary N) is 1. The monoisotopic (exact) mass is 325 g/mol. The third-order valence-corrected chi connectivity index (χ3v) is 3.28. The second kappa shape index (κ2) is 8.24. The van der Waals surface area contributed by atoms with Crippen LogP contribution in [-0.4, -0.2) is 40.7 Å². The first-order valence-electron chi connectivity index (χ1n) is 7.93. The van der Waals surface area contributed by atoms with Crippen LogP contribution in [0.15, 0.2) is 18.5 Å². The van der Waals surface area contributed by atoms with Crippen molar-refractivity contribution < 1.29 is 13.9 Å². The lowest BCUT2D eigenvalue weighted by molar-refractivity contribution is 0.0192. The second-order valence-corrected chi connectivity index (χ2v) is 6.88. The zero-order valence-corrected chi connectivity index (χ0v) is 14.9. The summed E-state index contributed by atoms with van der Waals surface area (Å²) in [6.07, 6.45) is 2.49. The molecule has 0 radical (unpaired) electrons. The summed E-state index contributed by atoms with van der Waals surface area (Å²) in [5, 5.41) is 3.27. The summed E-state index contributed by atoms with van der Waals surface area (Å²) >= 11 is 0. The molecule has 0 saturated heterocycles. The number of amides is 1. The van der Waals surface area contributed by atoms with Crippen LogP contribution >= 0.6 is 0 Å². The van der Waals surface area contributed by atoms with E-state index in [2.05, 4.69) is 10.3 Å². The smallest absolute Gasteiger partial charge is 0.410 e. The molecule has 1 aromatic heterocycles. The number of ether oxygens (including phenoxy) is 1. The van der Waals surface area contributed by atoms with Crippen molar-refractivity contribution in [1.82, 2.24) is 15.2 Å². The fourth-order valence-electron chi connectivity index (χ4n) is 2.07. The Hall–Kier alpha value is -1.69. The first-order valence-corrected chi connectivity index (χ1v) is 7.93. The van der Waals surface area contributed by atoms with E-state index in [0.29, 0.717) is 13.1 Å². The number of nitrogens with zero attached hydrogens (tertiary/aromatic N) is 2. The van der Waals surface area contributed by atoms with Gasteiger partial charge in [0.2, 0.25) is 0 Å². The molecule has 0 aliphatic rings. The number of hydrogen-bond acceptors (Lipinski definition) is 4. The second-order valence-electron chi connectivity index (χ2n) is 6.88. The van der Waals surface area contributed by atoms with Gasteiger partial charge in [0.1, 0.15) is 11.4 Å². The van der Waals surface area contributed by atoms with E-state index in [1.807, 2.05) is 41.5 Å². The Balaban J connectivity index is 2.54. The average Bonchev–Trinajstić information content (AvgIpc) is 2.40. The highest BCUT2D eigenvalue weighted by molar-refractivity contribution is 5.68. The van der Waals surface area contributed by atoms with E-state index >= 15 is 0 Å². The minimum absolute atomic E-state index is 0.0396. The lowest BCUT2D eigenvalue weighted by Crippen LogP contribution is -2.44. The SMILES string of the molecule is CC(NCCN(C(=O)OC(C)(C)C)C(C)C)c1cncc(F)c1. The van der Waals surface area contributed by atoms with Crippen molar-refractivity contribution >= 4 is 6.09 Å². The lowest BCUT2D eigenvalue weighted by atomic mass is 10.1. The number of hydrogen-bond donors (Lipinski definition) is 1. The molecule has 0 aliphatic carbocycles. The molecule has 0 fully saturated rings. The molecule has 0 saturated carbocycles. The fraction of sp³-hybridized carbons (Fsp3) is 0.647. The third kappa shape index (κ3) is 6.95. The van der Waals surface area contributed by atoms with E-state index in [4.69, 9.17) is 4.74 Å². The normalized spacial score (nSPS) is 13.0. The number of carbonyl (C=O) groups excluding carboxylic acids is 1. The molecule has 1 atom stereocenters. The predicted molar refractivity (Wildman–Crippen MR) is 88.7 cm³/mol. The topological polar surface area (TPSA) is 54.5 Å². The molecule has 5 nitrogen and oxygen atoms in total. The van der Waals surface area contributed by atoms with Gasteiger partial charge in [-0.1, -0.05) is 0 Å². The Morgan fingerprint density at radius 2 is 2.00 bits per heavy atom.